The lowest BCUT2D eigenvalue weighted by atomic mass is 9.94. The number of unbranched alkanes of at least 4 members (excludes halogenated alkanes) is 1. The lowest BCUT2D eigenvalue weighted by Crippen LogP contribution is -2.47. The molecule has 1 aromatic rings. The van der Waals surface area contributed by atoms with Crippen molar-refractivity contribution in [3.05, 3.63) is 41.1 Å². The van der Waals surface area contributed by atoms with Crippen LogP contribution in [0.4, 0.5) is 5.69 Å². The first-order chi connectivity index (χ1) is 15.7. The monoisotopic (exact) mass is 473 g/mol. The fourth-order valence-electron chi connectivity index (χ4n) is 3.97. The predicted molar refractivity (Wildman–Crippen MR) is 138 cm³/mol. The maximum absolute atomic E-state index is 13.0. The zero-order valence-electron chi connectivity index (χ0n) is 20.9. The smallest absolute Gasteiger partial charge is 0.338 e. The predicted octanol–water partition coefficient (Wildman–Crippen LogP) is 5.57. The average molecular weight is 474 g/mol. The summed E-state index contributed by atoms with van der Waals surface area (Å²) in [6.45, 7) is 13.1. The molecule has 0 unspecified atom stereocenters. The van der Waals surface area contributed by atoms with Crippen molar-refractivity contribution in [2.75, 3.05) is 18.5 Å². The van der Waals surface area contributed by atoms with E-state index in [1.807, 2.05) is 56.9 Å². The first-order valence-corrected chi connectivity index (χ1v) is 12.5. The molecule has 1 amide bonds. The van der Waals surface area contributed by atoms with Crippen LogP contribution < -0.4 is 10.6 Å². The fourth-order valence-corrected chi connectivity index (χ4v) is 4.35. The van der Waals surface area contributed by atoms with Crippen LogP contribution in [0.25, 0.3) is 0 Å². The summed E-state index contributed by atoms with van der Waals surface area (Å²) in [5.74, 6) is -0.00276. The van der Waals surface area contributed by atoms with E-state index in [4.69, 9.17) is 17.0 Å². The highest BCUT2D eigenvalue weighted by atomic mass is 32.1. The quantitative estimate of drug-likeness (QED) is 0.324. The zero-order chi connectivity index (χ0) is 24.5. The fraction of sp³-hybridized carbons (Fsp3) is 0.577. The minimum absolute atomic E-state index is 0.0231. The molecule has 2 atom stereocenters. The lowest BCUT2D eigenvalue weighted by molar-refractivity contribution is -0.140. The Hall–Kier alpha value is -2.41. The van der Waals surface area contributed by atoms with Gasteiger partial charge in [0.2, 0.25) is 5.91 Å². The van der Waals surface area contributed by atoms with Gasteiger partial charge in [0.15, 0.2) is 5.11 Å². The van der Waals surface area contributed by atoms with E-state index in [0.717, 1.165) is 42.6 Å². The Kier molecular flexibility index (Phi) is 10.4. The molecule has 1 aromatic carbocycles. The van der Waals surface area contributed by atoms with Crippen LogP contribution in [0.3, 0.4) is 0 Å². The maximum atomic E-state index is 13.0. The Morgan fingerprint density at radius 1 is 1.18 bits per heavy atom. The number of benzene rings is 1. The number of ether oxygens (including phenoxy) is 1. The highest BCUT2D eigenvalue weighted by molar-refractivity contribution is 7.80. The molecule has 182 valence electrons. The Morgan fingerprint density at radius 2 is 1.85 bits per heavy atom. The number of amides is 1. The molecule has 1 aliphatic rings. The number of nitrogens with zero attached hydrogens (tertiary/aromatic N) is 1. The third-order valence-corrected chi connectivity index (χ3v) is 6.30. The zero-order valence-corrected chi connectivity index (χ0v) is 21.7. The number of hydrogen-bond donors (Lipinski definition) is 2. The molecular formula is C26H39N3O3S. The topological polar surface area (TPSA) is 70.7 Å². The van der Waals surface area contributed by atoms with Crippen LogP contribution in [0.2, 0.25) is 0 Å². The van der Waals surface area contributed by atoms with Gasteiger partial charge in [0.1, 0.15) is 0 Å². The van der Waals surface area contributed by atoms with Crippen molar-refractivity contribution in [1.82, 2.24) is 10.2 Å². The van der Waals surface area contributed by atoms with Gasteiger partial charge in [-0.15, -0.1) is 0 Å². The van der Waals surface area contributed by atoms with E-state index in [0.29, 0.717) is 23.8 Å². The van der Waals surface area contributed by atoms with Crippen LogP contribution in [0.1, 0.15) is 78.8 Å². The average Bonchev–Trinajstić information content (AvgIpc) is 2.78. The van der Waals surface area contributed by atoms with Crippen molar-refractivity contribution in [2.24, 2.45) is 11.8 Å². The van der Waals surface area contributed by atoms with Crippen LogP contribution >= 0.6 is 12.2 Å². The Balaban J connectivity index is 2.25. The summed E-state index contributed by atoms with van der Waals surface area (Å²) < 4.78 is 5.58. The highest BCUT2D eigenvalue weighted by Gasteiger charge is 2.34. The lowest BCUT2D eigenvalue weighted by Gasteiger charge is -2.37. The molecular weight excluding hydrogens is 434 g/mol. The minimum Gasteiger partial charge on any atom is -0.462 e. The normalized spacial score (nSPS) is 17.1. The number of anilines is 1. The molecule has 0 aromatic heterocycles. The van der Waals surface area contributed by atoms with Gasteiger partial charge in [-0.25, -0.2) is 4.79 Å². The van der Waals surface area contributed by atoms with Gasteiger partial charge in [-0.3, -0.25) is 4.79 Å². The minimum atomic E-state index is -0.405. The number of hydrogen-bond acceptors (Lipinski definition) is 4. The van der Waals surface area contributed by atoms with Crippen molar-refractivity contribution >= 4 is 34.9 Å². The molecule has 0 fully saturated rings. The third-order valence-electron chi connectivity index (χ3n) is 5.96. The van der Waals surface area contributed by atoms with E-state index in [1.54, 1.807) is 0 Å². The molecule has 0 spiro atoms. The van der Waals surface area contributed by atoms with Crippen molar-refractivity contribution in [3.63, 3.8) is 0 Å². The number of rotatable bonds is 11. The van der Waals surface area contributed by atoms with Gasteiger partial charge in [-0.1, -0.05) is 52.7 Å². The molecule has 0 radical (unpaired) electrons. The third kappa shape index (κ3) is 7.03. The highest BCUT2D eigenvalue weighted by Crippen LogP contribution is 2.32. The summed E-state index contributed by atoms with van der Waals surface area (Å²) in [6.07, 6.45) is 3.86. The standard InChI is InChI=1S/C26H39N3O3S/c1-7-10-11-19(8-2)24(30)27-21-14-12-20(13-15-21)23-22(25(31)32-16-17(4)5)18(6)29(9-3)26(33)28-23/h12-15,17,19,23H,7-11,16H2,1-6H3,(H,27,30)(H,28,33)/t19-,23+/m1/s1. The van der Waals surface area contributed by atoms with Crippen molar-refractivity contribution in [3.8, 4) is 0 Å². The van der Waals surface area contributed by atoms with Gasteiger partial charge in [0, 0.05) is 23.8 Å². The summed E-state index contributed by atoms with van der Waals surface area (Å²) in [6, 6.07) is 7.20. The number of carbonyl (C=O) groups is 2. The Morgan fingerprint density at radius 3 is 2.39 bits per heavy atom. The molecule has 6 nitrogen and oxygen atoms in total. The van der Waals surface area contributed by atoms with Gasteiger partial charge in [0.25, 0.3) is 0 Å². The summed E-state index contributed by atoms with van der Waals surface area (Å²) in [4.78, 5) is 27.6. The van der Waals surface area contributed by atoms with Crippen LogP contribution in [0.5, 0.6) is 0 Å². The van der Waals surface area contributed by atoms with Gasteiger partial charge in [0.05, 0.1) is 18.2 Å². The van der Waals surface area contributed by atoms with Crippen molar-refractivity contribution in [2.45, 2.75) is 73.3 Å². The molecule has 1 aliphatic heterocycles. The second-order valence-electron chi connectivity index (χ2n) is 8.98. The van der Waals surface area contributed by atoms with Crippen molar-refractivity contribution in [1.29, 1.82) is 0 Å². The second kappa shape index (κ2) is 12.7. The molecule has 0 aliphatic carbocycles. The van der Waals surface area contributed by atoms with Crippen LogP contribution in [0.15, 0.2) is 35.5 Å². The van der Waals surface area contributed by atoms with Gasteiger partial charge in [-0.05, 0) is 62.5 Å². The van der Waals surface area contributed by atoms with Crippen LogP contribution in [-0.4, -0.2) is 35.0 Å². The molecule has 0 saturated carbocycles. The van der Waals surface area contributed by atoms with Gasteiger partial charge < -0.3 is 20.3 Å². The first kappa shape index (κ1) is 26.8. The van der Waals surface area contributed by atoms with E-state index >= 15 is 0 Å². The molecule has 0 saturated heterocycles. The van der Waals surface area contributed by atoms with E-state index in [1.165, 1.54) is 0 Å². The van der Waals surface area contributed by atoms with Gasteiger partial charge >= 0.3 is 5.97 Å². The maximum Gasteiger partial charge on any atom is 0.338 e. The largest absolute Gasteiger partial charge is 0.462 e. The number of nitrogens with one attached hydrogen (secondary N) is 2. The van der Waals surface area contributed by atoms with Crippen LogP contribution in [0, 0.1) is 11.8 Å². The molecule has 7 heteroatoms. The van der Waals surface area contributed by atoms with E-state index in [-0.39, 0.29) is 23.7 Å². The SMILES string of the molecule is CCCC[C@@H](CC)C(=O)Nc1ccc([C@@H]2NC(=S)N(CC)C(C)=C2C(=O)OCC(C)C)cc1. The summed E-state index contributed by atoms with van der Waals surface area (Å²) in [5, 5.41) is 6.92. The Labute approximate surface area is 204 Å². The van der Waals surface area contributed by atoms with Gasteiger partial charge in [-0.2, -0.15) is 0 Å². The Bertz CT molecular complexity index is 864. The molecule has 0 bridgehead atoms. The summed E-state index contributed by atoms with van der Waals surface area (Å²) in [5.41, 5.74) is 3.00. The van der Waals surface area contributed by atoms with E-state index in [9.17, 15) is 9.59 Å². The molecule has 2 N–H and O–H groups in total. The first-order valence-electron chi connectivity index (χ1n) is 12.1. The number of carbonyl (C=O) groups excluding carboxylic acids is 2. The second-order valence-corrected chi connectivity index (χ2v) is 9.36. The van der Waals surface area contributed by atoms with E-state index in [2.05, 4.69) is 24.5 Å². The van der Waals surface area contributed by atoms with E-state index < -0.39 is 6.04 Å². The molecule has 2 rings (SSSR count). The number of thiocarbonyl (C=S) groups is 1. The summed E-state index contributed by atoms with van der Waals surface area (Å²) >= 11 is 5.56. The molecule has 1 heterocycles. The van der Waals surface area contributed by atoms with Crippen LogP contribution in [-0.2, 0) is 14.3 Å². The van der Waals surface area contributed by atoms with Crippen molar-refractivity contribution < 1.29 is 14.3 Å². The molecule has 33 heavy (non-hydrogen) atoms. The number of allylic oxidation sites excluding steroid dienone is 1. The summed E-state index contributed by atoms with van der Waals surface area (Å²) in [7, 11) is 0. The number of esters is 1.